The average Bonchev–Trinajstić information content (AvgIpc) is 3.22. The number of methoxy groups -OCH3 is 2. The number of ether oxygens (including phenoxy) is 2. The largest absolute Gasteiger partial charge is 0.497 e. The normalized spacial score (nSPS) is 17.1. The molecular weight excluding hydrogens is 460 g/mol. The third kappa shape index (κ3) is 5.50. The maximum atomic E-state index is 13.2. The zero-order chi connectivity index (χ0) is 25.7. The zero-order valence-corrected chi connectivity index (χ0v) is 20.2. The van der Waals surface area contributed by atoms with Gasteiger partial charge < -0.3 is 19.9 Å². The number of hydrogen-bond acceptors (Lipinski definition) is 6. The highest BCUT2D eigenvalue weighted by Gasteiger charge is 2.34. The molecule has 4 rings (SSSR count). The highest BCUT2D eigenvalue weighted by Crippen LogP contribution is 2.34. The number of aliphatic hydroxyl groups is 1. The fourth-order valence-corrected chi connectivity index (χ4v) is 4.69. The standard InChI is InChI=1S/C28H30N2O6/c1-35-21-11-12-22(25(16-21)36-2)18-9-7-17(8-10-18)13-20(15-26(32)30-34)28(33)29-27-23-6-4-3-5-19(23)14-24(27)31/h3-12,16,20,24,27,31,34H,13-15H2,1-2H3,(H,29,33)(H,30,32)/t20-,24-,27+/m1/s1. The summed E-state index contributed by atoms with van der Waals surface area (Å²) < 4.78 is 10.8. The van der Waals surface area contributed by atoms with Crippen molar-refractivity contribution in [1.82, 2.24) is 10.8 Å². The van der Waals surface area contributed by atoms with Crippen LogP contribution in [0.4, 0.5) is 0 Å². The number of rotatable bonds is 9. The van der Waals surface area contributed by atoms with Crippen LogP contribution in [0.1, 0.15) is 29.2 Å². The van der Waals surface area contributed by atoms with Crippen molar-refractivity contribution in [1.29, 1.82) is 0 Å². The number of nitrogens with one attached hydrogen (secondary N) is 2. The minimum Gasteiger partial charge on any atom is -0.497 e. The van der Waals surface area contributed by atoms with E-state index < -0.39 is 24.0 Å². The van der Waals surface area contributed by atoms with Crippen molar-refractivity contribution >= 4 is 11.8 Å². The van der Waals surface area contributed by atoms with Crippen LogP contribution in [0.2, 0.25) is 0 Å². The Balaban J connectivity index is 1.52. The van der Waals surface area contributed by atoms with Crippen molar-refractivity contribution in [2.24, 2.45) is 5.92 Å². The van der Waals surface area contributed by atoms with Gasteiger partial charge in [0.15, 0.2) is 0 Å². The minimum atomic E-state index is -0.738. The zero-order valence-electron chi connectivity index (χ0n) is 20.2. The summed E-state index contributed by atoms with van der Waals surface area (Å²) in [6, 6.07) is 20.3. The van der Waals surface area contributed by atoms with Gasteiger partial charge in [-0.15, -0.1) is 0 Å². The molecule has 4 N–H and O–H groups in total. The Morgan fingerprint density at radius 2 is 1.78 bits per heavy atom. The highest BCUT2D eigenvalue weighted by atomic mass is 16.5. The molecule has 0 heterocycles. The smallest absolute Gasteiger partial charge is 0.244 e. The van der Waals surface area contributed by atoms with E-state index in [1.807, 2.05) is 66.7 Å². The van der Waals surface area contributed by atoms with Gasteiger partial charge in [0.25, 0.3) is 0 Å². The average molecular weight is 491 g/mol. The van der Waals surface area contributed by atoms with Gasteiger partial charge in [-0.3, -0.25) is 14.8 Å². The Morgan fingerprint density at radius 1 is 1.03 bits per heavy atom. The third-order valence-electron chi connectivity index (χ3n) is 6.58. The van der Waals surface area contributed by atoms with E-state index in [2.05, 4.69) is 5.32 Å². The molecule has 3 aromatic rings. The molecule has 0 radical (unpaired) electrons. The summed E-state index contributed by atoms with van der Waals surface area (Å²) in [6.07, 6.45) is -0.193. The molecule has 0 bridgehead atoms. The van der Waals surface area contributed by atoms with Crippen LogP contribution in [-0.4, -0.2) is 42.5 Å². The Bertz CT molecular complexity index is 1230. The van der Waals surface area contributed by atoms with Crippen molar-refractivity contribution < 1.29 is 29.4 Å². The maximum absolute atomic E-state index is 13.2. The first-order valence-electron chi connectivity index (χ1n) is 11.7. The van der Waals surface area contributed by atoms with Gasteiger partial charge in [-0.25, -0.2) is 5.48 Å². The van der Waals surface area contributed by atoms with E-state index in [4.69, 9.17) is 14.7 Å². The van der Waals surface area contributed by atoms with Gasteiger partial charge in [-0.2, -0.15) is 0 Å². The number of hydroxylamine groups is 1. The Morgan fingerprint density at radius 3 is 2.47 bits per heavy atom. The lowest BCUT2D eigenvalue weighted by Gasteiger charge is -2.22. The lowest BCUT2D eigenvalue weighted by atomic mass is 9.93. The minimum absolute atomic E-state index is 0.194. The molecule has 8 nitrogen and oxygen atoms in total. The van der Waals surface area contributed by atoms with Crippen molar-refractivity contribution in [3.63, 3.8) is 0 Å². The van der Waals surface area contributed by atoms with Gasteiger partial charge in [-0.05, 0) is 40.8 Å². The van der Waals surface area contributed by atoms with Crippen LogP contribution in [0.25, 0.3) is 11.1 Å². The summed E-state index contributed by atoms with van der Waals surface area (Å²) in [5, 5.41) is 22.5. The van der Waals surface area contributed by atoms with Crippen LogP contribution in [0.5, 0.6) is 11.5 Å². The number of amides is 2. The number of aliphatic hydroxyl groups excluding tert-OH is 1. The van der Waals surface area contributed by atoms with Crippen LogP contribution < -0.4 is 20.3 Å². The van der Waals surface area contributed by atoms with Gasteiger partial charge >= 0.3 is 0 Å². The first-order chi connectivity index (χ1) is 17.4. The third-order valence-corrected chi connectivity index (χ3v) is 6.58. The summed E-state index contributed by atoms with van der Waals surface area (Å²) in [6.45, 7) is 0. The molecule has 3 aromatic carbocycles. The number of benzene rings is 3. The molecule has 0 aliphatic heterocycles. The molecule has 0 aromatic heterocycles. The fraction of sp³-hybridized carbons (Fsp3) is 0.286. The van der Waals surface area contributed by atoms with E-state index in [-0.39, 0.29) is 18.7 Å². The molecule has 0 saturated heterocycles. The summed E-state index contributed by atoms with van der Waals surface area (Å²) >= 11 is 0. The molecular formula is C28H30N2O6. The summed E-state index contributed by atoms with van der Waals surface area (Å²) in [7, 11) is 3.20. The first kappa shape index (κ1) is 25.2. The SMILES string of the molecule is COc1ccc(-c2ccc(C[C@H](CC(=O)NO)C(=O)N[C@H]3c4ccccc4C[C@H]3O)cc2)c(OC)c1. The Labute approximate surface area is 209 Å². The second kappa shape index (κ2) is 11.2. The monoisotopic (exact) mass is 490 g/mol. The van der Waals surface area contributed by atoms with Crippen molar-refractivity contribution in [2.75, 3.05) is 14.2 Å². The number of carbonyl (C=O) groups excluding carboxylic acids is 2. The lowest BCUT2D eigenvalue weighted by Crippen LogP contribution is -2.40. The summed E-state index contributed by atoms with van der Waals surface area (Å²) in [5.74, 6) is -0.381. The summed E-state index contributed by atoms with van der Waals surface area (Å²) in [5.41, 5.74) is 6.16. The molecule has 1 aliphatic rings. The molecule has 3 atom stereocenters. The van der Waals surface area contributed by atoms with Gasteiger partial charge in [0.05, 0.1) is 32.3 Å². The molecule has 0 saturated carbocycles. The van der Waals surface area contributed by atoms with Gasteiger partial charge in [0.1, 0.15) is 11.5 Å². The molecule has 0 fully saturated rings. The second-order valence-electron chi connectivity index (χ2n) is 8.86. The van der Waals surface area contributed by atoms with Crippen molar-refractivity contribution in [2.45, 2.75) is 31.4 Å². The van der Waals surface area contributed by atoms with Crippen molar-refractivity contribution in [3.8, 4) is 22.6 Å². The van der Waals surface area contributed by atoms with Gasteiger partial charge in [0, 0.05) is 24.5 Å². The first-order valence-corrected chi connectivity index (χ1v) is 11.7. The molecule has 1 aliphatic carbocycles. The number of carbonyl (C=O) groups is 2. The predicted molar refractivity (Wildman–Crippen MR) is 134 cm³/mol. The Hall–Kier alpha value is -3.88. The second-order valence-corrected chi connectivity index (χ2v) is 8.86. The summed E-state index contributed by atoms with van der Waals surface area (Å²) in [4.78, 5) is 25.2. The molecule has 8 heteroatoms. The van der Waals surface area contributed by atoms with E-state index in [1.165, 1.54) is 0 Å². The predicted octanol–water partition coefficient (Wildman–Crippen LogP) is 3.20. The van der Waals surface area contributed by atoms with Crippen LogP contribution in [0.3, 0.4) is 0 Å². The van der Waals surface area contributed by atoms with Gasteiger partial charge in [-0.1, -0.05) is 48.5 Å². The molecule has 2 amide bonds. The van der Waals surface area contributed by atoms with Crippen LogP contribution in [0.15, 0.2) is 66.7 Å². The van der Waals surface area contributed by atoms with Gasteiger partial charge in [0.2, 0.25) is 11.8 Å². The quantitative estimate of drug-likeness (QED) is 0.270. The van der Waals surface area contributed by atoms with Crippen LogP contribution in [0, 0.1) is 5.92 Å². The highest BCUT2D eigenvalue weighted by molar-refractivity contribution is 5.86. The number of fused-ring (bicyclic) bond motifs is 1. The van der Waals surface area contributed by atoms with E-state index in [0.717, 1.165) is 27.8 Å². The molecule has 0 unspecified atom stereocenters. The molecule has 36 heavy (non-hydrogen) atoms. The van der Waals surface area contributed by atoms with E-state index in [1.54, 1.807) is 19.7 Å². The van der Waals surface area contributed by atoms with E-state index >= 15 is 0 Å². The Kier molecular flexibility index (Phi) is 7.87. The topological polar surface area (TPSA) is 117 Å². The fourth-order valence-electron chi connectivity index (χ4n) is 4.69. The lowest BCUT2D eigenvalue weighted by molar-refractivity contribution is -0.135. The van der Waals surface area contributed by atoms with Crippen LogP contribution >= 0.6 is 0 Å². The molecule has 0 spiro atoms. The molecule has 188 valence electrons. The maximum Gasteiger partial charge on any atom is 0.244 e. The van der Waals surface area contributed by atoms with Crippen LogP contribution in [-0.2, 0) is 22.4 Å². The van der Waals surface area contributed by atoms with E-state index in [9.17, 15) is 14.7 Å². The van der Waals surface area contributed by atoms with E-state index in [0.29, 0.717) is 17.9 Å². The number of hydrogen-bond donors (Lipinski definition) is 4. The van der Waals surface area contributed by atoms with Crippen molar-refractivity contribution in [3.05, 3.63) is 83.4 Å².